The normalized spacial score (nSPS) is 10.5. The standard InChI is InChI=1S/C12H17N5O.ClH/c1-3-16(4-2)9-12-13-14-15-17(12)10-5-7-11(18)8-6-10;/h5-8,18H,3-4,9H2,1-2H3;1H. The SMILES string of the molecule is CCN(CC)Cc1nnnn1-c1ccc(O)cc1.Cl. The van der Waals surface area contributed by atoms with Gasteiger partial charge in [0.15, 0.2) is 5.82 Å². The minimum absolute atomic E-state index is 0. The van der Waals surface area contributed by atoms with E-state index in [-0.39, 0.29) is 18.2 Å². The highest BCUT2D eigenvalue weighted by atomic mass is 35.5. The van der Waals surface area contributed by atoms with Gasteiger partial charge in [-0.05, 0) is 47.8 Å². The largest absolute Gasteiger partial charge is 0.508 e. The van der Waals surface area contributed by atoms with E-state index in [4.69, 9.17) is 0 Å². The van der Waals surface area contributed by atoms with Gasteiger partial charge in [-0.1, -0.05) is 13.8 Å². The molecule has 19 heavy (non-hydrogen) atoms. The minimum Gasteiger partial charge on any atom is -0.508 e. The molecule has 0 unspecified atom stereocenters. The maximum absolute atomic E-state index is 9.28. The Morgan fingerprint density at radius 3 is 2.37 bits per heavy atom. The van der Waals surface area contributed by atoms with Crippen molar-refractivity contribution >= 4 is 12.4 Å². The van der Waals surface area contributed by atoms with Gasteiger partial charge in [0.25, 0.3) is 0 Å². The number of benzene rings is 1. The molecule has 0 spiro atoms. The number of halogens is 1. The van der Waals surface area contributed by atoms with Crippen LogP contribution in [0.25, 0.3) is 5.69 Å². The Labute approximate surface area is 118 Å². The van der Waals surface area contributed by atoms with E-state index in [1.54, 1.807) is 28.9 Å². The van der Waals surface area contributed by atoms with E-state index in [0.29, 0.717) is 6.54 Å². The van der Waals surface area contributed by atoms with Crippen LogP contribution in [0.5, 0.6) is 5.75 Å². The number of aromatic nitrogens is 4. The Kier molecular flexibility index (Phi) is 5.72. The Hall–Kier alpha value is -1.66. The van der Waals surface area contributed by atoms with Crippen LogP contribution in [0.4, 0.5) is 0 Å². The smallest absolute Gasteiger partial charge is 0.170 e. The van der Waals surface area contributed by atoms with Gasteiger partial charge in [-0.25, -0.2) is 0 Å². The summed E-state index contributed by atoms with van der Waals surface area (Å²) in [6, 6.07) is 6.82. The van der Waals surface area contributed by atoms with Crippen molar-refractivity contribution in [1.82, 2.24) is 25.1 Å². The molecule has 2 rings (SSSR count). The van der Waals surface area contributed by atoms with Crippen molar-refractivity contribution < 1.29 is 5.11 Å². The molecule has 0 aliphatic rings. The lowest BCUT2D eigenvalue weighted by Crippen LogP contribution is -2.24. The second-order valence-corrected chi connectivity index (χ2v) is 3.98. The number of nitrogens with zero attached hydrogens (tertiary/aromatic N) is 5. The number of hydrogen-bond acceptors (Lipinski definition) is 5. The zero-order chi connectivity index (χ0) is 13.0. The number of hydrogen-bond donors (Lipinski definition) is 1. The van der Waals surface area contributed by atoms with E-state index in [1.165, 1.54) is 0 Å². The van der Waals surface area contributed by atoms with Gasteiger partial charge >= 0.3 is 0 Å². The molecule has 7 heteroatoms. The Morgan fingerprint density at radius 2 is 1.79 bits per heavy atom. The molecule has 0 atom stereocenters. The van der Waals surface area contributed by atoms with Crippen molar-refractivity contribution in [2.24, 2.45) is 0 Å². The first-order valence-electron chi connectivity index (χ1n) is 6.03. The van der Waals surface area contributed by atoms with Crippen LogP contribution in [0, 0.1) is 0 Å². The summed E-state index contributed by atoms with van der Waals surface area (Å²) in [6.07, 6.45) is 0. The van der Waals surface area contributed by atoms with Crippen molar-refractivity contribution in [3.63, 3.8) is 0 Å². The lowest BCUT2D eigenvalue weighted by atomic mass is 10.3. The van der Waals surface area contributed by atoms with Gasteiger partial charge in [0.05, 0.1) is 12.2 Å². The van der Waals surface area contributed by atoms with Crippen molar-refractivity contribution in [3.8, 4) is 11.4 Å². The van der Waals surface area contributed by atoms with Crippen LogP contribution < -0.4 is 0 Å². The molecular weight excluding hydrogens is 266 g/mol. The molecule has 1 aromatic heterocycles. The third kappa shape index (κ3) is 3.65. The van der Waals surface area contributed by atoms with E-state index < -0.39 is 0 Å². The maximum atomic E-state index is 9.28. The Balaban J connectivity index is 0.00000180. The van der Waals surface area contributed by atoms with Gasteiger partial charge in [-0.3, -0.25) is 4.90 Å². The highest BCUT2D eigenvalue weighted by Gasteiger charge is 2.11. The van der Waals surface area contributed by atoms with Crippen LogP contribution in [0.1, 0.15) is 19.7 Å². The van der Waals surface area contributed by atoms with Crippen molar-refractivity contribution in [2.75, 3.05) is 13.1 Å². The van der Waals surface area contributed by atoms with Gasteiger partial charge in [0, 0.05) is 0 Å². The number of phenolic OH excluding ortho intramolecular Hbond substituents is 1. The first kappa shape index (κ1) is 15.4. The molecule has 2 aromatic rings. The van der Waals surface area contributed by atoms with E-state index in [9.17, 15) is 5.11 Å². The second-order valence-electron chi connectivity index (χ2n) is 3.98. The van der Waals surface area contributed by atoms with Crippen molar-refractivity contribution in [1.29, 1.82) is 0 Å². The molecule has 1 heterocycles. The molecule has 6 nitrogen and oxygen atoms in total. The molecule has 0 amide bonds. The number of phenols is 1. The van der Waals surface area contributed by atoms with Gasteiger partial charge in [0.1, 0.15) is 5.75 Å². The maximum Gasteiger partial charge on any atom is 0.170 e. The molecule has 0 aliphatic carbocycles. The van der Waals surface area contributed by atoms with Crippen LogP contribution >= 0.6 is 12.4 Å². The average molecular weight is 284 g/mol. The average Bonchev–Trinajstić information content (AvgIpc) is 2.85. The fraction of sp³-hybridized carbons (Fsp3) is 0.417. The molecule has 1 N–H and O–H groups in total. The van der Waals surface area contributed by atoms with Gasteiger partial charge in [-0.2, -0.15) is 4.68 Å². The van der Waals surface area contributed by atoms with Crippen molar-refractivity contribution in [3.05, 3.63) is 30.1 Å². The lowest BCUT2D eigenvalue weighted by Gasteiger charge is -2.16. The molecule has 0 radical (unpaired) electrons. The van der Waals surface area contributed by atoms with Crippen LogP contribution in [0.2, 0.25) is 0 Å². The second kappa shape index (κ2) is 7.06. The molecular formula is C12H18ClN5O. The fourth-order valence-electron chi connectivity index (χ4n) is 1.75. The summed E-state index contributed by atoms with van der Waals surface area (Å²) in [6.45, 7) is 6.84. The van der Waals surface area contributed by atoms with E-state index >= 15 is 0 Å². The Morgan fingerprint density at radius 1 is 1.16 bits per heavy atom. The predicted octanol–water partition coefficient (Wildman–Crippen LogP) is 1.63. The van der Waals surface area contributed by atoms with Crippen LogP contribution in [0.3, 0.4) is 0 Å². The molecule has 0 saturated carbocycles. The number of aromatic hydroxyl groups is 1. The van der Waals surface area contributed by atoms with Gasteiger partial charge < -0.3 is 5.11 Å². The minimum atomic E-state index is 0. The van der Waals surface area contributed by atoms with E-state index in [1.807, 2.05) is 0 Å². The molecule has 0 bridgehead atoms. The highest BCUT2D eigenvalue weighted by Crippen LogP contribution is 2.14. The predicted molar refractivity (Wildman–Crippen MR) is 74.7 cm³/mol. The van der Waals surface area contributed by atoms with Crippen molar-refractivity contribution in [2.45, 2.75) is 20.4 Å². The summed E-state index contributed by atoms with van der Waals surface area (Å²) >= 11 is 0. The number of rotatable bonds is 5. The van der Waals surface area contributed by atoms with E-state index in [2.05, 4.69) is 34.3 Å². The topological polar surface area (TPSA) is 67.1 Å². The monoisotopic (exact) mass is 283 g/mol. The van der Waals surface area contributed by atoms with Gasteiger partial charge in [-0.15, -0.1) is 17.5 Å². The third-order valence-corrected chi connectivity index (χ3v) is 2.89. The molecule has 104 valence electrons. The molecule has 0 aliphatic heterocycles. The number of tetrazole rings is 1. The summed E-state index contributed by atoms with van der Waals surface area (Å²) in [5, 5.41) is 21.0. The zero-order valence-corrected chi connectivity index (χ0v) is 11.8. The summed E-state index contributed by atoms with van der Waals surface area (Å²) < 4.78 is 1.69. The zero-order valence-electron chi connectivity index (χ0n) is 11.0. The summed E-state index contributed by atoms with van der Waals surface area (Å²) in [7, 11) is 0. The third-order valence-electron chi connectivity index (χ3n) is 2.89. The van der Waals surface area contributed by atoms with Crippen LogP contribution in [0.15, 0.2) is 24.3 Å². The first-order chi connectivity index (χ1) is 8.74. The highest BCUT2D eigenvalue weighted by molar-refractivity contribution is 5.85. The Bertz CT molecular complexity index is 495. The quantitative estimate of drug-likeness (QED) is 0.903. The van der Waals surface area contributed by atoms with Crippen LogP contribution in [-0.4, -0.2) is 43.3 Å². The van der Waals surface area contributed by atoms with Crippen LogP contribution in [-0.2, 0) is 6.54 Å². The summed E-state index contributed by atoms with van der Waals surface area (Å²) in [5.41, 5.74) is 0.847. The summed E-state index contributed by atoms with van der Waals surface area (Å²) in [4.78, 5) is 2.24. The van der Waals surface area contributed by atoms with Gasteiger partial charge in [0.2, 0.25) is 0 Å². The fourth-order valence-corrected chi connectivity index (χ4v) is 1.75. The lowest BCUT2D eigenvalue weighted by molar-refractivity contribution is 0.285. The van der Waals surface area contributed by atoms with E-state index in [0.717, 1.165) is 24.6 Å². The molecule has 0 saturated heterocycles. The molecule has 0 fully saturated rings. The summed E-state index contributed by atoms with van der Waals surface area (Å²) in [5.74, 6) is 1.03. The molecule has 1 aromatic carbocycles. The first-order valence-corrected chi connectivity index (χ1v) is 6.03.